The number of fused-ring (bicyclic) bond motifs is 1. The van der Waals surface area contributed by atoms with Crippen molar-refractivity contribution >= 4 is 11.6 Å². The second kappa shape index (κ2) is 2.05. The third-order valence-corrected chi connectivity index (χ3v) is 1.96. The lowest BCUT2D eigenvalue weighted by Crippen LogP contribution is -2.20. The van der Waals surface area contributed by atoms with Crippen LogP contribution in [-0.2, 0) is 11.2 Å². The van der Waals surface area contributed by atoms with Crippen molar-refractivity contribution in [3.63, 3.8) is 0 Å². The summed E-state index contributed by atoms with van der Waals surface area (Å²) in [5, 5.41) is 0. The summed E-state index contributed by atoms with van der Waals surface area (Å²) in [4.78, 5) is 16.7. The summed E-state index contributed by atoms with van der Waals surface area (Å²) in [5.41, 5.74) is 2.02. The van der Waals surface area contributed by atoms with Gasteiger partial charge < -0.3 is 4.90 Å². The number of amides is 1. The summed E-state index contributed by atoms with van der Waals surface area (Å²) >= 11 is 0. The minimum atomic E-state index is 0.146. The van der Waals surface area contributed by atoms with Gasteiger partial charge in [-0.05, 0) is 11.6 Å². The van der Waals surface area contributed by atoms with Crippen LogP contribution < -0.4 is 4.90 Å². The van der Waals surface area contributed by atoms with Crippen molar-refractivity contribution in [2.45, 2.75) is 6.42 Å². The zero-order chi connectivity index (χ0) is 7.84. The van der Waals surface area contributed by atoms with Gasteiger partial charge in [-0.2, -0.15) is 0 Å². The molecular weight excluding hydrogens is 140 g/mol. The molecule has 0 fully saturated rings. The van der Waals surface area contributed by atoms with Crippen molar-refractivity contribution in [3.05, 3.63) is 24.0 Å². The topological polar surface area (TPSA) is 33.2 Å². The first kappa shape index (κ1) is 6.34. The first-order chi connectivity index (χ1) is 5.29. The molecule has 56 valence electrons. The molecule has 3 nitrogen and oxygen atoms in total. The molecule has 0 atom stereocenters. The highest BCUT2D eigenvalue weighted by Crippen LogP contribution is 2.25. The van der Waals surface area contributed by atoms with Crippen LogP contribution in [0.5, 0.6) is 0 Å². The SMILES string of the molecule is CN1C(=O)Cc2ccncc21. The van der Waals surface area contributed by atoms with E-state index in [0.29, 0.717) is 6.42 Å². The standard InChI is InChI=1S/C8H8N2O/c1-10-7-5-9-3-2-6(7)4-8(10)11/h2-3,5H,4H2,1H3. The van der Waals surface area contributed by atoms with E-state index in [0.717, 1.165) is 11.3 Å². The van der Waals surface area contributed by atoms with E-state index in [-0.39, 0.29) is 5.91 Å². The van der Waals surface area contributed by atoms with E-state index in [1.54, 1.807) is 24.3 Å². The number of anilines is 1. The molecule has 2 rings (SSSR count). The molecule has 2 heterocycles. The molecular formula is C8H8N2O. The lowest BCUT2D eigenvalue weighted by atomic mass is 10.2. The van der Waals surface area contributed by atoms with Gasteiger partial charge in [0, 0.05) is 13.2 Å². The number of likely N-dealkylation sites (N-methyl/N-ethyl adjacent to an activating group) is 1. The molecule has 3 heteroatoms. The molecule has 0 aromatic carbocycles. The molecule has 0 bridgehead atoms. The average molecular weight is 148 g/mol. The second-order valence-corrected chi connectivity index (χ2v) is 2.63. The maximum absolute atomic E-state index is 11.1. The van der Waals surface area contributed by atoms with E-state index in [4.69, 9.17) is 0 Å². The van der Waals surface area contributed by atoms with E-state index < -0.39 is 0 Å². The largest absolute Gasteiger partial charge is 0.313 e. The predicted molar refractivity (Wildman–Crippen MR) is 41.4 cm³/mol. The minimum absolute atomic E-state index is 0.146. The number of hydrogen-bond donors (Lipinski definition) is 0. The van der Waals surface area contributed by atoms with Gasteiger partial charge in [0.25, 0.3) is 0 Å². The Hall–Kier alpha value is -1.38. The second-order valence-electron chi connectivity index (χ2n) is 2.63. The zero-order valence-electron chi connectivity index (χ0n) is 6.24. The maximum atomic E-state index is 11.1. The summed E-state index contributed by atoms with van der Waals surface area (Å²) in [6.07, 6.45) is 3.96. The van der Waals surface area contributed by atoms with Crippen LogP contribution in [0.15, 0.2) is 18.5 Å². The maximum Gasteiger partial charge on any atom is 0.231 e. The molecule has 0 aliphatic carbocycles. The van der Waals surface area contributed by atoms with Crippen LogP contribution in [0.3, 0.4) is 0 Å². The van der Waals surface area contributed by atoms with Gasteiger partial charge in [0.15, 0.2) is 0 Å². The quantitative estimate of drug-likeness (QED) is 0.539. The fraction of sp³-hybridized carbons (Fsp3) is 0.250. The Balaban J connectivity index is 2.55. The zero-order valence-corrected chi connectivity index (χ0v) is 6.24. The number of carbonyl (C=O) groups is 1. The van der Waals surface area contributed by atoms with Crippen molar-refractivity contribution in [3.8, 4) is 0 Å². The fourth-order valence-corrected chi connectivity index (χ4v) is 1.28. The molecule has 0 unspecified atom stereocenters. The first-order valence-electron chi connectivity index (χ1n) is 3.48. The van der Waals surface area contributed by atoms with Gasteiger partial charge in [0.05, 0.1) is 18.3 Å². The highest BCUT2D eigenvalue weighted by Gasteiger charge is 2.22. The predicted octanol–water partition coefficient (Wildman–Crippen LogP) is 0.600. The van der Waals surface area contributed by atoms with Crippen molar-refractivity contribution in [2.24, 2.45) is 0 Å². The van der Waals surface area contributed by atoms with Gasteiger partial charge in [0.2, 0.25) is 5.91 Å². The number of rotatable bonds is 0. The summed E-state index contributed by atoms with van der Waals surface area (Å²) in [5.74, 6) is 0.146. The summed E-state index contributed by atoms with van der Waals surface area (Å²) < 4.78 is 0. The fourth-order valence-electron chi connectivity index (χ4n) is 1.28. The van der Waals surface area contributed by atoms with Crippen LogP contribution in [0.2, 0.25) is 0 Å². The van der Waals surface area contributed by atoms with Crippen molar-refractivity contribution in [1.29, 1.82) is 0 Å². The third kappa shape index (κ3) is 0.808. The lowest BCUT2D eigenvalue weighted by molar-refractivity contribution is -0.117. The van der Waals surface area contributed by atoms with E-state index in [1.165, 1.54) is 0 Å². The Labute approximate surface area is 64.7 Å². The molecule has 1 amide bonds. The number of pyridine rings is 1. The van der Waals surface area contributed by atoms with Gasteiger partial charge in [-0.25, -0.2) is 0 Å². The third-order valence-electron chi connectivity index (χ3n) is 1.96. The Morgan fingerprint density at radius 2 is 2.45 bits per heavy atom. The van der Waals surface area contributed by atoms with E-state index in [2.05, 4.69) is 4.98 Å². The summed E-state index contributed by atoms with van der Waals surface area (Å²) in [6, 6.07) is 1.89. The molecule has 0 saturated heterocycles. The first-order valence-corrected chi connectivity index (χ1v) is 3.48. The van der Waals surface area contributed by atoms with Crippen LogP contribution in [0.1, 0.15) is 5.56 Å². The molecule has 0 radical (unpaired) electrons. The number of carbonyl (C=O) groups excluding carboxylic acids is 1. The van der Waals surface area contributed by atoms with Crippen LogP contribution in [0, 0.1) is 0 Å². The Kier molecular flexibility index (Phi) is 1.18. The van der Waals surface area contributed by atoms with Gasteiger partial charge in [-0.3, -0.25) is 9.78 Å². The highest BCUT2D eigenvalue weighted by atomic mass is 16.2. The van der Waals surface area contributed by atoms with E-state index in [1.807, 2.05) is 6.07 Å². The van der Waals surface area contributed by atoms with Crippen LogP contribution in [0.25, 0.3) is 0 Å². The van der Waals surface area contributed by atoms with Crippen LogP contribution in [-0.4, -0.2) is 17.9 Å². The molecule has 0 saturated carbocycles. The van der Waals surface area contributed by atoms with Gasteiger partial charge in [-0.1, -0.05) is 0 Å². The molecule has 1 aromatic rings. The summed E-state index contributed by atoms with van der Waals surface area (Å²) in [6.45, 7) is 0. The van der Waals surface area contributed by atoms with Crippen molar-refractivity contribution in [2.75, 3.05) is 11.9 Å². The molecule has 0 N–H and O–H groups in total. The smallest absolute Gasteiger partial charge is 0.231 e. The van der Waals surface area contributed by atoms with Crippen LogP contribution in [0.4, 0.5) is 5.69 Å². The summed E-state index contributed by atoms with van der Waals surface area (Å²) in [7, 11) is 1.77. The highest BCUT2D eigenvalue weighted by molar-refractivity contribution is 6.00. The Morgan fingerprint density at radius 3 is 3.18 bits per heavy atom. The minimum Gasteiger partial charge on any atom is -0.313 e. The average Bonchev–Trinajstić information content (AvgIpc) is 2.30. The van der Waals surface area contributed by atoms with Crippen molar-refractivity contribution in [1.82, 2.24) is 4.98 Å². The normalized spacial score (nSPS) is 15.4. The van der Waals surface area contributed by atoms with Gasteiger partial charge in [0.1, 0.15) is 0 Å². The van der Waals surface area contributed by atoms with Gasteiger partial charge >= 0.3 is 0 Å². The lowest BCUT2D eigenvalue weighted by Gasteiger charge is -2.07. The molecule has 1 aliphatic rings. The van der Waals surface area contributed by atoms with Crippen LogP contribution >= 0.6 is 0 Å². The van der Waals surface area contributed by atoms with Crippen molar-refractivity contribution < 1.29 is 4.79 Å². The Bertz CT molecular complexity index is 309. The number of nitrogens with zero attached hydrogens (tertiary/aromatic N) is 2. The molecule has 0 spiro atoms. The number of aromatic nitrogens is 1. The molecule has 1 aromatic heterocycles. The number of hydrogen-bond acceptors (Lipinski definition) is 2. The van der Waals surface area contributed by atoms with Gasteiger partial charge in [-0.15, -0.1) is 0 Å². The molecule has 1 aliphatic heterocycles. The van der Waals surface area contributed by atoms with E-state index in [9.17, 15) is 4.79 Å². The Morgan fingerprint density at radius 1 is 1.64 bits per heavy atom. The van der Waals surface area contributed by atoms with E-state index >= 15 is 0 Å². The molecule has 11 heavy (non-hydrogen) atoms. The monoisotopic (exact) mass is 148 g/mol.